The molecule has 10 nitrogen and oxygen atoms in total. The number of nitrogens with zero attached hydrogens (tertiary/aromatic N) is 5. The number of H-pyrrole nitrogens is 2. The number of halogens is 3. The van der Waals surface area contributed by atoms with Gasteiger partial charge in [0.05, 0.1) is 48.4 Å². The molecule has 0 saturated carbocycles. The summed E-state index contributed by atoms with van der Waals surface area (Å²) in [5.74, 6) is 1.21. The van der Waals surface area contributed by atoms with Crippen LogP contribution < -0.4 is 10.1 Å². The van der Waals surface area contributed by atoms with Gasteiger partial charge in [0.15, 0.2) is 23.2 Å². The molecule has 13 heteroatoms. The minimum atomic E-state index is -4.48. The second kappa shape index (κ2) is 11.3. The van der Waals surface area contributed by atoms with Gasteiger partial charge in [-0.2, -0.15) is 18.3 Å². The van der Waals surface area contributed by atoms with Crippen molar-refractivity contribution in [2.45, 2.75) is 12.7 Å². The van der Waals surface area contributed by atoms with Gasteiger partial charge in [-0.25, -0.2) is 15.0 Å². The molecule has 3 aromatic heterocycles. The maximum atomic E-state index is 13.2. The first-order chi connectivity index (χ1) is 19.2. The van der Waals surface area contributed by atoms with Crippen LogP contribution in [-0.4, -0.2) is 69.5 Å². The van der Waals surface area contributed by atoms with Crippen LogP contribution in [0.15, 0.2) is 54.9 Å². The predicted octanol–water partition coefficient (Wildman–Crippen LogP) is 5.26. The summed E-state index contributed by atoms with van der Waals surface area (Å²) < 4.78 is 50.3. The minimum Gasteiger partial charge on any atom is -0.491 e. The molecule has 5 aromatic rings. The summed E-state index contributed by atoms with van der Waals surface area (Å²) in [5.41, 5.74) is 3.29. The lowest BCUT2D eigenvalue weighted by molar-refractivity contribution is -0.137. The number of nitrogens with one attached hydrogen (secondary N) is 3. The molecule has 5 rings (SSSR count). The van der Waals surface area contributed by atoms with E-state index in [0.29, 0.717) is 29.6 Å². The number of hydrogen-bond donors (Lipinski definition) is 3. The number of aromatic nitrogens is 6. The maximum absolute atomic E-state index is 13.2. The Bertz CT molecular complexity index is 1620. The lowest BCUT2D eigenvalue weighted by atomic mass is 10.1. The van der Waals surface area contributed by atoms with Crippen molar-refractivity contribution in [3.05, 3.63) is 66.0 Å². The summed E-state index contributed by atoms with van der Waals surface area (Å²) >= 11 is 0. The highest BCUT2D eigenvalue weighted by atomic mass is 19.4. The van der Waals surface area contributed by atoms with E-state index in [0.717, 1.165) is 41.8 Å². The Morgan fingerprint density at radius 3 is 2.67 bits per heavy atom. The molecule has 40 heavy (non-hydrogen) atoms. The van der Waals surface area contributed by atoms with Gasteiger partial charge in [0.2, 0.25) is 0 Å². The van der Waals surface area contributed by atoms with Crippen LogP contribution in [0.4, 0.5) is 24.7 Å². The van der Waals surface area contributed by atoms with E-state index in [9.17, 15) is 13.2 Å². The van der Waals surface area contributed by atoms with Crippen molar-refractivity contribution in [1.29, 1.82) is 0 Å². The van der Waals surface area contributed by atoms with Crippen molar-refractivity contribution < 1.29 is 22.6 Å². The van der Waals surface area contributed by atoms with Crippen molar-refractivity contribution in [2.75, 3.05) is 39.7 Å². The van der Waals surface area contributed by atoms with Crippen molar-refractivity contribution in [3.8, 4) is 28.7 Å². The average molecular weight is 553 g/mol. The molecule has 0 atom stereocenters. The summed E-state index contributed by atoms with van der Waals surface area (Å²) in [6.07, 6.45) is -1.52. The predicted molar refractivity (Wildman–Crippen MR) is 144 cm³/mol. The fraction of sp³-hybridized carbons (Fsp3) is 0.259. The van der Waals surface area contributed by atoms with Crippen LogP contribution in [0.25, 0.3) is 33.9 Å². The second-order valence-corrected chi connectivity index (χ2v) is 9.14. The van der Waals surface area contributed by atoms with Crippen LogP contribution in [0.5, 0.6) is 5.75 Å². The Balaban J connectivity index is 1.42. The van der Waals surface area contributed by atoms with E-state index in [4.69, 9.17) is 14.5 Å². The van der Waals surface area contributed by atoms with Crippen LogP contribution in [0.1, 0.15) is 11.1 Å². The number of alkyl halides is 3. The average Bonchev–Trinajstić information content (AvgIpc) is 3.58. The molecule has 0 unspecified atom stereocenters. The SMILES string of the molecule is COCCN(C)Cc1ccc2nc(-c3[nH]ncc3Nc3nc(-c4cccc(C(F)(F)F)c4)ncc3OC)[nH]c2c1. The zero-order chi connectivity index (χ0) is 28.3. The smallest absolute Gasteiger partial charge is 0.416 e. The Labute approximate surface area is 227 Å². The second-order valence-electron chi connectivity index (χ2n) is 9.14. The summed E-state index contributed by atoms with van der Waals surface area (Å²) in [4.78, 5) is 18.8. The third-order valence-corrected chi connectivity index (χ3v) is 6.23. The van der Waals surface area contributed by atoms with Crippen LogP contribution >= 0.6 is 0 Å². The molecule has 0 bridgehead atoms. The standard InChI is InChI=1S/C27H27F3N8O2/c1-38(9-10-39-2)15-16-7-8-19-20(11-16)34-26(33-19)23-21(13-32-37-23)35-25-22(40-3)14-31-24(36-25)17-5-4-6-18(12-17)27(28,29)30/h4-8,11-14H,9-10,15H2,1-3H3,(H,32,37)(H,33,34)(H,31,35,36). The molecule has 3 heterocycles. The van der Waals surface area contributed by atoms with Gasteiger partial charge < -0.3 is 19.8 Å². The number of hydrogen-bond acceptors (Lipinski definition) is 8. The molecular formula is C27H27F3N8O2. The van der Waals surface area contributed by atoms with Gasteiger partial charge in [0.1, 0.15) is 5.69 Å². The van der Waals surface area contributed by atoms with Gasteiger partial charge in [-0.05, 0) is 36.9 Å². The van der Waals surface area contributed by atoms with E-state index >= 15 is 0 Å². The van der Waals surface area contributed by atoms with Gasteiger partial charge in [-0.3, -0.25) is 10.00 Å². The minimum absolute atomic E-state index is 0.103. The van der Waals surface area contributed by atoms with Crippen LogP contribution in [0.2, 0.25) is 0 Å². The van der Waals surface area contributed by atoms with Gasteiger partial charge in [-0.15, -0.1) is 0 Å². The zero-order valence-corrected chi connectivity index (χ0v) is 22.0. The lowest BCUT2D eigenvalue weighted by Crippen LogP contribution is -2.22. The number of benzene rings is 2. The molecule has 0 saturated heterocycles. The third-order valence-electron chi connectivity index (χ3n) is 6.23. The summed E-state index contributed by atoms with van der Waals surface area (Å²) in [6, 6.07) is 10.9. The molecule has 0 aliphatic carbocycles. The molecule has 0 amide bonds. The van der Waals surface area contributed by atoms with Gasteiger partial charge in [-0.1, -0.05) is 18.2 Å². The highest BCUT2D eigenvalue weighted by Gasteiger charge is 2.30. The molecule has 0 spiro atoms. The summed E-state index contributed by atoms with van der Waals surface area (Å²) in [6.45, 7) is 2.22. The maximum Gasteiger partial charge on any atom is 0.416 e. The van der Waals surface area contributed by atoms with Crippen molar-refractivity contribution in [1.82, 2.24) is 35.0 Å². The molecule has 0 fully saturated rings. The highest BCUT2D eigenvalue weighted by molar-refractivity contribution is 5.83. The Kier molecular flexibility index (Phi) is 7.67. The number of ether oxygens (including phenoxy) is 2. The van der Waals surface area contributed by atoms with Gasteiger partial charge in [0, 0.05) is 25.8 Å². The molecule has 2 aromatic carbocycles. The highest BCUT2D eigenvalue weighted by Crippen LogP contribution is 2.34. The number of rotatable bonds is 10. The van der Waals surface area contributed by atoms with E-state index in [1.807, 2.05) is 25.2 Å². The van der Waals surface area contributed by atoms with E-state index in [2.05, 4.69) is 35.4 Å². The molecule has 208 valence electrons. The number of methoxy groups -OCH3 is 2. The van der Waals surface area contributed by atoms with Gasteiger partial charge in [0.25, 0.3) is 0 Å². The first-order valence-electron chi connectivity index (χ1n) is 12.3. The fourth-order valence-electron chi connectivity index (χ4n) is 4.18. The van der Waals surface area contributed by atoms with E-state index in [-0.39, 0.29) is 17.2 Å². The number of fused-ring (bicyclic) bond motifs is 1. The fourth-order valence-corrected chi connectivity index (χ4v) is 4.18. The molecular weight excluding hydrogens is 525 g/mol. The van der Waals surface area contributed by atoms with E-state index in [1.54, 1.807) is 13.3 Å². The number of anilines is 2. The quantitative estimate of drug-likeness (QED) is 0.215. The number of imidazole rings is 1. The Hall–Kier alpha value is -4.49. The number of likely N-dealkylation sites (N-methyl/N-ethyl adjacent to an activating group) is 1. The van der Waals surface area contributed by atoms with E-state index < -0.39 is 11.7 Å². The zero-order valence-electron chi connectivity index (χ0n) is 22.0. The normalized spacial score (nSPS) is 11.9. The van der Waals surface area contributed by atoms with Crippen molar-refractivity contribution >= 4 is 22.5 Å². The molecule has 0 aliphatic rings. The number of aromatic amines is 2. The molecule has 3 N–H and O–H groups in total. The topological polar surface area (TPSA) is 117 Å². The summed E-state index contributed by atoms with van der Waals surface area (Å²) in [7, 11) is 5.17. The van der Waals surface area contributed by atoms with Crippen molar-refractivity contribution in [3.63, 3.8) is 0 Å². The first-order valence-corrected chi connectivity index (χ1v) is 12.3. The van der Waals surface area contributed by atoms with Crippen LogP contribution in [0.3, 0.4) is 0 Å². The molecule has 0 aliphatic heterocycles. The first kappa shape index (κ1) is 27.1. The lowest BCUT2D eigenvalue weighted by Gasteiger charge is -2.15. The van der Waals surface area contributed by atoms with E-state index in [1.165, 1.54) is 25.4 Å². The Morgan fingerprint density at radius 2 is 1.90 bits per heavy atom. The molecule has 0 radical (unpaired) electrons. The summed E-state index contributed by atoms with van der Waals surface area (Å²) in [5, 5.41) is 10.2. The van der Waals surface area contributed by atoms with Crippen molar-refractivity contribution in [2.24, 2.45) is 0 Å². The monoisotopic (exact) mass is 552 g/mol. The van der Waals surface area contributed by atoms with Crippen LogP contribution in [0, 0.1) is 0 Å². The largest absolute Gasteiger partial charge is 0.491 e. The third kappa shape index (κ3) is 5.90. The Morgan fingerprint density at radius 1 is 1.05 bits per heavy atom. The van der Waals surface area contributed by atoms with Crippen LogP contribution in [-0.2, 0) is 17.5 Å². The van der Waals surface area contributed by atoms with Gasteiger partial charge >= 0.3 is 6.18 Å².